The van der Waals surface area contributed by atoms with Crippen LogP contribution in [0.15, 0.2) is 34.5 Å². The van der Waals surface area contributed by atoms with Gasteiger partial charge in [-0.2, -0.15) is 0 Å². The number of hydrogen-bond acceptors (Lipinski definition) is 2. The van der Waals surface area contributed by atoms with Gasteiger partial charge in [-0.3, -0.25) is 0 Å². The normalized spacial score (nSPS) is 10.5. The first-order valence-electron chi connectivity index (χ1n) is 3.03. The Bertz CT molecular complexity index is 349. The minimum atomic E-state index is 1.08. The number of rotatable bonds is 0. The van der Waals surface area contributed by atoms with Crippen LogP contribution in [0.1, 0.15) is 0 Å². The van der Waals surface area contributed by atoms with E-state index in [1.807, 2.05) is 12.1 Å². The minimum Gasteiger partial charge on any atom is -0.143 e. The third-order valence-electron chi connectivity index (χ3n) is 1.46. The van der Waals surface area contributed by atoms with E-state index in [0.717, 1.165) is 4.90 Å². The quantitative estimate of drug-likeness (QED) is 0.571. The van der Waals surface area contributed by atoms with E-state index in [-0.39, 0.29) is 0 Å². The highest BCUT2D eigenvalue weighted by Crippen LogP contribution is 2.27. The van der Waals surface area contributed by atoms with Crippen LogP contribution >= 0.6 is 24.0 Å². The van der Waals surface area contributed by atoms with Crippen molar-refractivity contribution >= 4 is 34.1 Å². The third kappa shape index (κ3) is 0.842. The topological polar surface area (TPSA) is 0 Å². The molecule has 1 heterocycles. The van der Waals surface area contributed by atoms with Crippen molar-refractivity contribution < 1.29 is 0 Å². The van der Waals surface area contributed by atoms with E-state index in [1.165, 1.54) is 10.1 Å². The fourth-order valence-electron chi connectivity index (χ4n) is 0.964. The molecule has 0 aliphatic heterocycles. The average molecular weight is 166 g/mol. The molecule has 1 aromatic heterocycles. The van der Waals surface area contributed by atoms with Crippen LogP contribution < -0.4 is 0 Å². The monoisotopic (exact) mass is 166 g/mol. The Hall–Kier alpha value is -0.470. The zero-order valence-electron chi connectivity index (χ0n) is 5.24. The molecule has 0 fully saturated rings. The van der Waals surface area contributed by atoms with Gasteiger partial charge < -0.3 is 0 Å². The standard InChI is InChI=1S/C8H6S2/c9-7-5-10-8-4-2-1-3-6(7)8/h1-5,9H. The van der Waals surface area contributed by atoms with Gasteiger partial charge in [0.05, 0.1) is 0 Å². The number of hydrogen-bond donors (Lipinski definition) is 1. The van der Waals surface area contributed by atoms with Gasteiger partial charge in [0.1, 0.15) is 0 Å². The molecule has 2 aromatic rings. The van der Waals surface area contributed by atoms with Crippen LogP contribution in [0.5, 0.6) is 0 Å². The molecular weight excluding hydrogens is 160 g/mol. The van der Waals surface area contributed by atoms with Gasteiger partial charge in [0.2, 0.25) is 0 Å². The first-order valence-corrected chi connectivity index (χ1v) is 4.36. The summed E-state index contributed by atoms with van der Waals surface area (Å²) in [6.45, 7) is 0. The lowest BCUT2D eigenvalue weighted by Crippen LogP contribution is -1.60. The van der Waals surface area contributed by atoms with E-state index in [0.29, 0.717) is 0 Å². The Morgan fingerprint density at radius 3 is 2.80 bits per heavy atom. The summed E-state index contributed by atoms with van der Waals surface area (Å²) in [6, 6.07) is 8.29. The molecule has 0 saturated carbocycles. The van der Waals surface area contributed by atoms with Crippen molar-refractivity contribution in [2.75, 3.05) is 0 Å². The van der Waals surface area contributed by atoms with Gasteiger partial charge in [-0.25, -0.2) is 0 Å². The smallest absolute Gasteiger partial charge is 0.0354 e. The maximum absolute atomic E-state index is 4.31. The molecule has 0 saturated heterocycles. The lowest BCUT2D eigenvalue weighted by atomic mass is 10.3. The molecule has 0 unspecified atom stereocenters. The summed E-state index contributed by atoms with van der Waals surface area (Å²) in [4.78, 5) is 1.08. The first kappa shape index (κ1) is 6.25. The van der Waals surface area contributed by atoms with E-state index >= 15 is 0 Å². The fraction of sp³-hybridized carbons (Fsp3) is 0. The van der Waals surface area contributed by atoms with E-state index in [4.69, 9.17) is 0 Å². The average Bonchev–Trinajstić information content (AvgIpc) is 2.34. The van der Waals surface area contributed by atoms with Crippen LogP contribution in [-0.4, -0.2) is 0 Å². The van der Waals surface area contributed by atoms with Crippen LogP contribution in [0.3, 0.4) is 0 Å². The van der Waals surface area contributed by atoms with E-state index in [2.05, 4.69) is 30.1 Å². The first-order chi connectivity index (χ1) is 4.88. The minimum absolute atomic E-state index is 1.08. The summed E-state index contributed by atoms with van der Waals surface area (Å²) in [5.41, 5.74) is 0. The van der Waals surface area contributed by atoms with Crippen molar-refractivity contribution in [2.45, 2.75) is 4.90 Å². The highest BCUT2D eigenvalue weighted by atomic mass is 32.1. The number of fused-ring (bicyclic) bond motifs is 1. The van der Waals surface area contributed by atoms with Crippen molar-refractivity contribution in [1.29, 1.82) is 0 Å². The molecule has 50 valence electrons. The third-order valence-corrected chi connectivity index (χ3v) is 2.97. The van der Waals surface area contributed by atoms with Gasteiger partial charge in [-0.1, -0.05) is 18.2 Å². The lowest BCUT2D eigenvalue weighted by molar-refractivity contribution is 1.68. The highest BCUT2D eigenvalue weighted by Gasteiger charge is 1.96. The second-order valence-electron chi connectivity index (χ2n) is 2.12. The van der Waals surface area contributed by atoms with E-state index < -0.39 is 0 Å². The molecule has 2 heteroatoms. The van der Waals surface area contributed by atoms with Gasteiger partial charge in [0.15, 0.2) is 0 Å². The molecule has 0 spiro atoms. The molecule has 0 amide bonds. The molecule has 0 radical (unpaired) electrons. The molecular formula is C8H6S2. The molecule has 0 N–H and O–H groups in total. The molecule has 0 atom stereocenters. The molecule has 0 aliphatic rings. The number of thiol groups is 1. The van der Waals surface area contributed by atoms with Crippen LogP contribution in [0, 0.1) is 0 Å². The molecule has 0 aliphatic carbocycles. The molecule has 0 nitrogen and oxygen atoms in total. The maximum Gasteiger partial charge on any atom is 0.0354 e. The fourth-order valence-corrected chi connectivity index (χ4v) is 2.22. The van der Waals surface area contributed by atoms with Gasteiger partial charge in [0, 0.05) is 20.4 Å². The molecule has 1 aromatic carbocycles. The second-order valence-corrected chi connectivity index (χ2v) is 3.51. The Morgan fingerprint density at radius 2 is 2.00 bits per heavy atom. The molecule has 0 bridgehead atoms. The van der Waals surface area contributed by atoms with Crippen LogP contribution in [0.4, 0.5) is 0 Å². The van der Waals surface area contributed by atoms with Crippen molar-refractivity contribution in [1.82, 2.24) is 0 Å². The Balaban J connectivity index is 2.93. The van der Waals surface area contributed by atoms with E-state index in [1.54, 1.807) is 11.3 Å². The summed E-state index contributed by atoms with van der Waals surface area (Å²) in [7, 11) is 0. The zero-order valence-corrected chi connectivity index (χ0v) is 6.95. The van der Waals surface area contributed by atoms with Crippen LogP contribution in [0.25, 0.3) is 10.1 Å². The molecule has 10 heavy (non-hydrogen) atoms. The van der Waals surface area contributed by atoms with Gasteiger partial charge in [-0.15, -0.1) is 24.0 Å². The van der Waals surface area contributed by atoms with Crippen LogP contribution in [0.2, 0.25) is 0 Å². The maximum atomic E-state index is 4.31. The largest absolute Gasteiger partial charge is 0.143 e. The van der Waals surface area contributed by atoms with Crippen LogP contribution in [-0.2, 0) is 0 Å². The number of benzene rings is 1. The summed E-state index contributed by atoms with van der Waals surface area (Å²) >= 11 is 6.05. The van der Waals surface area contributed by atoms with Crippen molar-refractivity contribution in [3.05, 3.63) is 29.6 Å². The van der Waals surface area contributed by atoms with Crippen molar-refractivity contribution in [3.63, 3.8) is 0 Å². The SMILES string of the molecule is Sc1csc2ccccc12. The second kappa shape index (κ2) is 2.29. The summed E-state index contributed by atoms with van der Waals surface area (Å²) in [6.07, 6.45) is 0. The lowest BCUT2D eigenvalue weighted by Gasteiger charge is -1.86. The van der Waals surface area contributed by atoms with E-state index in [9.17, 15) is 0 Å². The van der Waals surface area contributed by atoms with Crippen molar-refractivity contribution in [2.24, 2.45) is 0 Å². The Kier molecular flexibility index (Phi) is 1.43. The van der Waals surface area contributed by atoms with Gasteiger partial charge in [0.25, 0.3) is 0 Å². The zero-order chi connectivity index (χ0) is 6.97. The Labute approximate surface area is 68.9 Å². The predicted molar refractivity (Wildman–Crippen MR) is 49.1 cm³/mol. The predicted octanol–water partition coefficient (Wildman–Crippen LogP) is 3.19. The molecule has 2 rings (SSSR count). The number of thiophene rings is 1. The highest BCUT2D eigenvalue weighted by molar-refractivity contribution is 7.80. The summed E-state index contributed by atoms with van der Waals surface area (Å²) < 4.78 is 1.31. The van der Waals surface area contributed by atoms with Gasteiger partial charge in [-0.05, 0) is 6.07 Å². The summed E-state index contributed by atoms with van der Waals surface area (Å²) in [5.74, 6) is 0. The van der Waals surface area contributed by atoms with Gasteiger partial charge >= 0.3 is 0 Å². The Morgan fingerprint density at radius 1 is 1.20 bits per heavy atom. The van der Waals surface area contributed by atoms with Crippen molar-refractivity contribution in [3.8, 4) is 0 Å². The summed E-state index contributed by atoms with van der Waals surface area (Å²) in [5, 5.41) is 3.32.